The van der Waals surface area contributed by atoms with Gasteiger partial charge in [0.05, 0.1) is 39.6 Å². The number of benzene rings is 9. The van der Waals surface area contributed by atoms with Crippen molar-refractivity contribution in [2.45, 2.75) is 38.5 Å². The van der Waals surface area contributed by atoms with Crippen molar-refractivity contribution in [3.05, 3.63) is 241 Å². The number of para-hydroxylation sites is 2. The topological polar surface area (TPSA) is 61.4 Å². The summed E-state index contributed by atoms with van der Waals surface area (Å²) in [5, 5.41) is 5.00. The van der Waals surface area contributed by atoms with Crippen LogP contribution in [0, 0.1) is 0 Å². The Balaban J connectivity index is 1.03. The van der Waals surface area contributed by atoms with E-state index < -0.39 is 0 Å². The van der Waals surface area contributed by atoms with E-state index >= 15 is 0 Å². The molecule has 2 aliphatic carbocycles. The Kier molecular flexibility index (Phi) is 8.95. The van der Waals surface area contributed by atoms with E-state index in [4.69, 9.17) is 19.9 Å². The van der Waals surface area contributed by atoms with Gasteiger partial charge < -0.3 is 9.13 Å². The molecule has 6 heteroatoms. The standard InChI is InChI=1S/C68H48N6/c1-67(2)52-27-15-11-23-44(52)47-32-35-57-60(62(47)67)49-25-13-17-29-54(49)73(57)56-34-31-43(66-71-64(41-19-7-5-8-20-41)70-65(72-66)42-21-9-6-10-22-42)39-51(56)46-37-38-69-40-59(46)74-55-30-18-14-26-50(55)61-58(74)36-33-48-45-24-12-16-28-53(45)68(3,4)63(48)61/h5-40H,1-4H3. The molecule has 0 radical (unpaired) electrons. The summed E-state index contributed by atoms with van der Waals surface area (Å²) in [6.45, 7) is 9.53. The zero-order valence-electron chi connectivity index (χ0n) is 41.5. The summed E-state index contributed by atoms with van der Waals surface area (Å²) in [5.74, 6) is 1.83. The number of hydrogen-bond donors (Lipinski definition) is 0. The first-order chi connectivity index (χ1) is 36.3. The predicted octanol–water partition coefficient (Wildman–Crippen LogP) is 16.7. The zero-order valence-corrected chi connectivity index (χ0v) is 41.5. The monoisotopic (exact) mass is 948 g/mol. The van der Waals surface area contributed by atoms with Crippen LogP contribution in [-0.2, 0) is 10.8 Å². The second kappa shape index (κ2) is 15.6. The number of pyridine rings is 1. The van der Waals surface area contributed by atoms with Gasteiger partial charge in [-0.1, -0.05) is 185 Å². The molecule has 350 valence electrons. The van der Waals surface area contributed by atoms with Gasteiger partial charge in [0.25, 0.3) is 0 Å². The Hall–Kier alpha value is -9.26. The van der Waals surface area contributed by atoms with Crippen LogP contribution in [0.5, 0.6) is 0 Å². The first-order valence-electron chi connectivity index (χ1n) is 25.6. The summed E-state index contributed by atoms with van der Waals surface area (Å²) >= 11 is 0. The molecule has 0 N–H and O–H groups in total. The summed E-state index contributed by atoms with van der Waals surface area (Å²) in [6, 6.07) is 74.4. The first-order valence-corrected chi connectivity index (χ1v) is 25.6. The number of aromatic nitrogens is 6. The van der Waals surface area contributed by atoms with Gasteiger partial charge in [0, 0.05) is 66.4 Å². The quantitative estimate of drug-likeness (QED) is 0.167. The van der Waals surface area contributed by atoms with Crippen LogP contribution in [0.2, 0.25) is 0 Å². The molecule has 6 nitrogen and oxygen atoms in total. The highest BCUT2D eigenvalue weighted by Crippen LogP contribution is 2.55. The van der Waals surface area contributed by atoms with Crippen molar-refractivity contribution in [1.82, 2.24) is 29.1 Å². The first kappa shape index (κ1) is 42.4. The van der Waals surface area contributed by atoms with Gasteiger partial charge >= 0.3 is 0 Å². The molecule has 9 aromatic carbocycles. The minimum Gasteiger partial charge on any atom is -0.309 e. The molecule has 4 aromatic heterocycles. The van der Waals surface area contributed by atoms with Gasteiger partial charge in [-0.25, -0.2) is 15.0 Å². The molecule has 74 heavy (non-hydrogen) atoms. The van der Waals surface area contributed by atoms with Crippen LogP contribution in [0.4, 0.5) is 0 Å². The lowest BCUT2D eigenvalue weighted by Gasteiger charge is -2.23. The summed E-state index contributed by atoms with van der Waals surface area (Å²) in [5.41, 5.74) is 21.6. The van der Waals surface area contributed by atoms with Crippen LogP contribution in [0.1, 0.15) is 49.9 Å². The van der Waals surface area contributed by atoms with E-state index in [1.807, 2.05) is 48.8 Å². The molecule has 0 spiro atoms. The van der Waals surface area contributed by atoms with Crippen LogP contribution in [0.15, 0.2) is 219 Å². The zero-order chi connectivity index (χ0) is 49.5. The van der Waals surface area contributed by atoms with Crippen molar-refractivity contribution in [2.75, 3.05) is 0 Å². The molecule has 13 aromatic rings. The van der Waals surface area contributed by atoms with Crippen molar-refractivity contribution in [3.63, 3.8) is 0 Å². The molecule has 4 heterocycles. The van der Waals surface area contributed by atoms with E-state index in [9.17, 15) is 0 Å². The number of nitrogens with zero attached hydrogens (tertiary/aromatic N) is 6. The van der Waals surface area contributed by atoms with Gasteiger partial charge in [-0.15, -0.1) is 0 Å². The summed E-state index contributed by atoms with van der Waals surface area (Å²) in [7, 11) is 0. The maximum atomic E-state index is 5.27. The molecular formula is C68H48N6. The minimum absolute atomic E-state index is 0.214. The summed E-state index contributed by atoms with van der Waals surface area (Å²) in [4.78, 5) is 20.6. The summed E-state index contributed by atoms with van der Waals surface area (Å²) < 4.78 is 4.94. The Labute approximate surface area is 429 Å². The predicted molar refractivity (Wildman–Crippen MR) is 303 cm³/mol. The molecule has 0 aliphatic heterocycles. The fourth-order valence-electron chi connectivity index (χ4n) is 13.0. The average Bonchev–Trinajstić information content (AvgIpc) is 4.13. The normalized spacial score (nSPS) is 13.9. The lowest BCUT2D eigenvalue weighted by Crippen LogP contribution is -2.15. The SMILES string of the molecule is CC1(C)c2ccccc2-c2ccc3c(c21)c1ccccc1n3-c1ccc(-c2nc(-c3ccccc3)nc(-c3ccccc3)n2)cc1-c1ccncc1-n1c2ccccc2c2c3c(ccc21)-c1ccccc1C3(C)C. The van der Waals surface area contributed by atoms with Crippen molar-refractivity contribution in [1.29, 1.82) is 0 Å². The highest BCUT2D eigenvalue weighted by molar-refractivity contribution is 6.16. The molecular weight excluding hydrogens is 901 g/mol. The molecule has 0 amide bonds. The van der Waals surface area contributed by atoms with Gasteiger partial charge in [0.1, 0.15) is 0 Å². The van der Waals surface area contributed by atoms with Crippen LogP contribution >= 0.6 is 0 Å². The van der Waals surface area contributed by atoms with Gasteiger partial charge in [0.2, 0.25) is 0 Å². The number of rotatable bonds is 6. The lowest BCUT2D eigenvalue weighted by atomic mass is 9.80. The third-order valence-corrected chi connectivity index (χ3v) is 16.2. The highest BCUT2D eigenvalue weighted by Gasteiger charge is 2.40. The van der Waals surface area contributed by atoms with E-state index in [2.05, 4.69) is 207 Å². The van der Waals surface area contributed by atoms with Crippen molar-refractivity contribution < 1.29 is 0 Å². The number of hydrogen-bond acceptors (Lipinski definition) is 4. The molecule has 15 rings (SSSR count). The van der Waals surface area contributed by atoms with Crippen molar-refractivity contribution in [2.24, 2.45) is 0 Å². The lowest BCUT2D eigenvalue weighted by molar-refractivity contribution is 0.666. The van der Waals surface area contributed by atoms with Crippen LogP contribution < -0.4 is 0 Å². The molecule has 0 fully saturated rings. The van der Waals surface area contributed by atoms with E-state index in [0.717, 1.165) is 61.3 Å². The molecule has 0 saturated heterocycles. The van der Waals surface area contributed by atoms with Crippen LogP contribution in [0.25, 0.3) is 123 Å². The van der Waals surface area contributed by atoms with E-state index in [1.54, 1.807) is 0 Å². The van der Waals surface area contributed by atoms with E-state index in [-0.39, 0.29) is 10.8 Å². The Morgan fingerprint density at radius 2 is 0.797 bits per heavy atom. The third kappa shape index (κ3) is 5.93. The Bertz CT molecular complexity index is 4420. The number of fused-ring (bicyclic) bond motifs is 14. The van der Waals surface area contributed by atoms with Gasteiger partial charge in [-0.05, 0) is 93.0 Å². The third-order valence-electron chi connectivity index (χ3n) is 16.2. The second-order valence-electron chi connectivity index (χ2n) is 21.0. The largest absolute Gasteiger partial charge is 0.309 e. The van der Waals surface area contributed by atoms with E-state index in [1.165, 1.54) is 66.1 Å². The Morgan fingerprint density at radius 1 is 0.338 bits per heavy atom. The van der Waals surface area contributed by atoms with Gasteiger partial charge in [-0.3, -0.25) is 4.98 Å². The fraction of sp³-hybridized carbons (Fsp3) is 0.0882. The molecule has 0 atom stereocenters. The molecule has 0 unspecified atom stereocenters. The molecule has 0 bridgehead atoms. The second-order valence-corrected chi connectivity index (χ2v) is 21.0. The Morgan fingerprint density at radius 3 is 1.34 bits per heavy atom. The smallest absolute Gasteiger partial charge is 0.164 e. The summed E-state index contributed by atoms with van der Waals surface area (Å²) in [6.07, 6.45) is 3.98. The molecule has 0 saturated carbocycles. The van der Waals surface area contributed by atoms with Gasteiger partial charge in [0.15, 0.2) is 17.5 Å². The fourth-order valence-corrected chi connectivity index (χ4v) is 13.0. The molecule has 2 aliphatic rings. The van der Waals surface area contributed by atoms with Crippen molar-refractivity contribution in [3.8, 4) is 78.9 Å². The minimum atomic E-state index is -0.219. The van der Waals surface area contributed by atoms with Gasteiger partial charge in [-0.2, -0.15) is 0 Å². The van der Waals surface area contributed by atoms with E-state index in [0.29, 0.717) is 17.5 Å². The maximum Gasteiger partial charge on any atom is 0.164 e. The highest BCUT2D eigenvalue weighted by atomic mass is 15.0. The van der Waals surface area contributed by atoms with Crippen molar-refractivity contribution >= 4 is 43.6 Å². The van der Waals surface area contributed by atoms with Crippen LogP contribution in [0.3, 0.4) is 0 Å². The van der Waals surface area contributed by atoms with Crippen LogP contribution in [-0.4, -0.2) is 29.1 Å². The average molecular weight is 949 g/mol. The maximum absolute atomic E-state index is 5.27.